The minimum atomic E-state index is -1.15. The molecule has 0 aliphatic carbocycles. The van der Waals surface area contributed by atoms with Crippen molar-refractivity contribution in [3.63, 3.8) is 0 Å². The lowest BCUT2D eigenvalue weighted by Gasteiger charge is -2.20. The quantitative estimate of drug-likeness (QED) is 0.875. The van der Waals surface area contributed by atoms with Crippen LogP contribution in [0.5, 0.6) is 0 Å². The molecule has 4 nitrogen and oxygen atoms in total. The van der Waals surface area contributed by atoms with Gasteiger partial charge in [-0.3, -0.25) is 4.79 Å². The van der Waals surface area contributed by atoms with E-state index in [1.165, 1.54) is 12.1 Å². The monoisotopic (exact) mass is 287 g/mol. The zero-order valence-electron chi connectivity index (χ0n) is 10.6. The summed E-state index contributed by atoms with van der Waals surface area (Å²) in [6, 6.07) is 2.49. The molecule has 0 aliphatic heterocycles. The maximum atomic E-state index is 13.5. The molecule has 104 valence electrons. The Balaban J connectivity index is 2.94. The minimum absolute atomic E-state index is 0.210. The summed E-state index contributed by atoms with van der Waals surface area (Å²) < 4.78 is 13.5. The van der Waals surface area contributed by atoms with Gasteiger partial charge in [0.05, 0.1) is 5.56 Å². The smallest absolute Gasteiger partial charge is 0.326 e. The van der Waals surface area contributed by atoms with Crippen molar-refractivity contribution >= 4 is 23.5 Å². The topological polar surface area (TPSA) is 66.4 Å². The van der Waals surface area contributed by atoms with Gasteiger partial charge in [-0.2, -0.15) is 0 Å². The summed E-state index contributed by atoms with van der Waals surface area (Å²) in [4.78, 5) is 23.0. The highest BCUT2D eigenvalue weighted by molar-refractivity contribution is 6.31. The van der Waals surface area contributed by atoms with E-state index in [1.54, 1.807) is 6.92 Å². The molecule has 0 fully saturated rings. The lowest BCUT2D eigenvalue weighted by molar-refractivity contribution is -0.140. The van der Waals surface area contributed by atoms with Crippen LogP contribution in [0.3, 0.4) is 0 Å². The molecular weight excluding hydrogens is 273 g/mol. The second-order valence-corrected chi connectivity index (χ2v) is 4.74. The maximum absolute atomic E-state index is 13.5. The molecule has 0 radical (unpaired) electrons. The Labute approximate surface area is 115 Å². The van der Waals surface area contributed by atoms with Crippen LogP contribution < -0.4 is 5.32 Å². The highest BCUT2D eigenvalue weighted by Gasteiger charge is 2.26. The van der Waals surface area contributed by atoms with Crippen molar-refractivity contribution in [3.8, 4) is 0 Å². The molecule has 0 bridgehead atoms. The van der Waals surface area contributed by atoms with Crippen molar-refractivity contribution in [2.75, 3.05) is 0 Å². The predicted molar refractivity (Wildman–Crippen MR) is 69.8 cm³/mol. The van der Waals surface area contributed by atoms with Crippen molar-refractivity contribution < 1.29 is 19.1 Å². The molecule has 0 saturated carbocycles. The number of nitrogens with one attached hydrogen (secondary N) is 1. The van der Waals surface area contributed by atoms with Crippen LogP contribution >= 0.6 is 11.6 Å². The van der Waals surface area contributed by atoms with Crippen LogP contribution in [0.4, 0.5) is 4.39 Å². The van der Waals surface area contributed by atoms with E-state index >= 15 is 0 Å². The van der Waals surface area contributed by atoms with Crippen LogP contribution in [0.2, 0.25) is 5.02 Å². The molecule has 19 heavy (non-hydrogen) atoms. The molecule has 1 aromatic rings. The Morgan fingerprint density at radius 1 is 1.47 bits per heavy atom. The highest BCUT2D eigenvalue weighted by Crippen LogP contribution is 2.16. The highest BCUT2D eigenvalue weighted by atomic mass is 35.5. The Hall–Kier alpha value is -1.62. The first kappa shape index (κ1) is 15.4. The number of carbonyl (C=O) groups excluding carboxylic acids is 1. The molecule has 1 amide bonds. The van der Waals surface area contributed by atoms with Gasteiger partial charge in [0.15, 0.2) is 0 Å². The summed E-state index contributed by atoms with van der Waals surface area (Å²) in [5.74, 6) is -2.93. The van der Waals surface area contributed by atoms with Crippen molar-refractivity contribution in [2.24, 2.45) is 5.92 Å². The van der Waals surface area contributed by atoms with E-state index in [2.05, 4.69) is 5.32 Å². The summed E-state index contributed by atoms with van der Waals surface area (Å²) in [5.41, 5.74) is -0.262. The molecule has 0 unspecified atom stereocenters. The molecule has 2 N–H and O–H groups in total. The minimum Gasteiger partial charge on any atom is -0.480 e. The summed E-state index contributed by atoms with van der Waals surface area (Å²) in [5, 5.41) is 11.6. The van der Waals surface area contributed by atoms with Crippen molar-refractivity contribution in [1.82, 2.24) is 5.32 Å². The molecule has 2 atom stereocenters. The van der Waals surface area contributed by atoms with Crippen LogP contribution in [0, 0.1) is 11.7 Å². The number of carboxylic acid groups (broad SMARTS) is 1. The van der Waals surface area contributed by atoms with Crippen LogP contribution in [0.15, 0.2) is 18.2 Å². The number of halogens is 2. The van der Waals surface area contributed by atoms with E-state index in [0.29, 0.717) is 6.42 Å². The fourth-order valence-corrected chi connectivity index (χ4v) is 1.75. The van der Waals surface area contributed by atoms with Gasteiger partial charge < -0.3 is 10.4 Å². The number of rotatable bonds is 5. The van der Waals surface area contributed by atoms with Crippen LogP contribution in [0.25, 0.3) is 0 Å². The van der Waals surface area contributed by atoms with Crippen molar-refractivity contribution in [1.29, 1.82) is 0 Å². The van der Waals surface area contributed by atoms with Gasteiger partial charge in [-0.1, -0.05) is 31.9 Å². The first-order chi connectivity index (χ1) is 8.86. The third kappa shape index (κ3) is 3.92. The number of hydrogen-bond acceptors (Lipinski definition) is 2. The lowest BCUT2D eigenvalue weighted by atomic mass is 9.99. The zero-order valence-corrected chi connectivity index (χ0v) is 11.4. The molecule has 6 heteroatoms. The average Bonchev–Trinajstić information content (AvgIpc) is 2.37. The summed E-state index contributed by atoms with van der Waals surface area (Å²) in [7, 11) is 0. The van der Waals surface area contributed by atoms with E-state index in [0.717, 1.165) is 6.07 Å². The molecule has 0 saturated heterocycles. The van der Waals surface area contributed by atoms with E-state index in [-0.39, 0.29) is 16.5 Å². The van der Waals surface area contributed by atoms with E-state index in [1.807, 2.05) is 6.92 Å². The number of amides is 1. The van der Waals surface area contributed by atoms with Crippen molar-refractivity contribution in [2.45, 2.75) is 26.3 Å². The molecule has 1 aromatic carbocycles. The summed E-state index contributed by atoms with van der Waals surface area (Å²) in [6.07, 6.45) is 0.579. The molecule has 0 heterocycles. The van der Waals surface area contributed by atoms with Crippen LogP contribution in [-0.4, -0.2) is 23.0 Å². The predicted octanol–water partition coefficient (Wildman–Crippen LogP) is 2.71. The van der Waals surface area contributed by atoms with E-state index < -0.39 is 23.7 Å². The first-order valence-corrected chi connectivity index (χ1v) is 6.23. The van der Waals surface area contributed by atoms with Gasteiger partial charge in [-0.25, -0.2) is 9.18 Å². The number of carbonyl (C=O) groups is 2. The maximum Gasteiger partial charge on any atom is 0.326 e. The largest absolute Gasteiger partial charge is 0.480 e. The average molecular weight is 288 g/mol. The van der Waals surface area contributed by atoms with Gasteiger partial charge in [0.2, 0.25) is 0 Å². The normalized spacial score (nSPS) is 13.7. The third-order valence-electron chi connectivity index (χ3n) is 2.94. The van der Waals surface area contributed by atoms with Crippen LogP contribution in [0.1, 0.15) is 30.6 Å². The van der Waals surface area contributed by atoms with Gasteiger partial charge in [0.25, 0.3) is 5.91 Å². The van der Waals surface area contributed by atoms with Gasteiger partial charge in [-0.05, 0) is 24.1 Å². The standard InChI is InChI=1S/C13H15ClFNO3/c1-3-7(2)11(13(18)19)16-12(17)9-6-8(14)4-5-10(9)15/h4-7,11H,3H2,1-2H3,(H,16,17)(H,18,19)/t7-,11-/m0/s1. The molecule has 0 aromatic heterocycles. The zero-order chi connectivity index (χ0) is 14.6. The number of hydrogen-bond donors (Lipinski definition) is 2. The Kier molecular flexibility index (Phi) is 5.30. The van der Waals surface area contributed by atoms with Crippen LogP contribution in [-0.2, 0) is 4.79 Å². The summed E-state index contributed by atoms with van der Waals surface area (Å²) in [6.45, 7) is 3.51. The number of carboxylic acids is 1. The molecular formula is C13H15ClFNO3. The van der Waals surface area contributed by atoms with Gasteiger partial charge >= 0.3 is 5.97 Å². The molecule has 0 aliphatic rings. The third-order valence-corrected chi connectivity index (χ3v) is 3.17. The van der Waals surface area contributed by atoms with Crippen molar-refractivity contribution in [3.05, 3.63) is 34.6 Å². The lowest BCUT2D eigenvalue weighted by Crippen LogP contribution is -2.45. The van der Waals surface area contributed by atoms with E-state index in [4.69, 9.17) is 16.7 Å². The fraction of sp³-hybridized carbons (Fsp3) is 0.385. The molecule has 1 rings (SSSR count). The molecule has 0 spiro atoms. The first-order valence-electron chi connectivity index (χ1n) is 5.85. The number of benzene rings is 1. The second-order valence-electron chi connectivity index (χ2n) is 4.30. The Bertz CT molecular complexity index is 493. The van der Waals surface area contributed by atoms with Gasteiger partial charge in [0.1, 0.15) is 11.9 Å². The van der Waals surface area contributed by atoms with E-state index in [9.17, 15) is 14.0 Å². The SMILES string of the molecule is CC[C@H](C)[C@H](NC(=O)c1cc(Cl)ccc1F)C(=O)O. The second kappa shape index (κ2) is 6.52. The number of aliphatic carboxylic acids is 1. The van der Waals surface area contributed by atoms with Gasteiger partial charge in [0, 0.05) is 5.02 Å². The summed E-state index contributed by atoms with van der Waals surface area (Å²) >= 11 is 5.69. The van der Waals surface area contributed by atoms with Gasteiger partial charge in [-0.15, -0.1) is 0 Å². The Morgan fingerprint density at radius 3 is 2.63 bits per heavy atom. The Morgan fingerprint density at radius 2 is 2.11 bits per heavy atom. The fourth-order valence-electron chi connectivity index (χ4n) is 1.57.